The van der Waals surface area contributed by atoms with Gasteiger partial charge in [-0.15, -0.1) is 0 Å². The van der Waals surface area contributed by atoms with E-state index in [-0.39, 0.29) is 0 Å². The SMILES string of the molecule is Cc1cc(CCc2ccc(N)cc2)ccn1. The molecule has 16 heavy (non-hydrogen) atoms. The van der Waals surface area contributed by atoms with Crippen LogP contribution in [0.15, 0.2) is 42.6 Å². The summed E-state index contributed by atoms with van der Waals surface area (Å²) in [6.45, 7) is 2.02. The average Bonchev–Trinajstić information content (AvgIpc) is 2.28. The quantitative estimate of drug-likeness (QED) is 0.794. The van der Waals surface area contributed by atoms with Crippen LogP contribution >= 0.6 is 0 Å². The first-order chi connectivity index (χ1) is 7.74. The summed E-state index contributed by atoms with van der Waals surface area (Å²) in [7, 11) is 0. The van der Waals surface area contributed by atoms with E-state index in [9.17, 15) is 0 Å². The number of hydrogen-bond acceptors (Lipinski definition) is 2. The van der Waals surface area contributed by atoms with E-state index in [0.717, 1.165) is 24.2 Å². The van der Waals surface area contributed by atoms with E-state index in [1.165, 1.54) is 11.1 Å². The summed E-state index contributed by atoms with van der Waals surface area (Å²) in [5.74, 6) is 0. The van der Waals surface area contributed by atoms with Crippen LogP contribution in [0.4, 0.5) is 5.69 Å². The Bertz CT molecular complexity index is 460. The maximum atomic E-state index is 5.65. The number of nitrogens with zero attached hydrogens (tertiary/aromatic N) is 1. The molecule has 0 aliphatic heterocycles. The molecule has 2 rings (SSSR count). The first-order valence-corrected chi connectivity index (χ1v) is 5.50. The molecule has 0 bridgehead atoms. The third kappa shape index (κ3) is 2.83. The molecule has 0 saturated heterocycles. The van der Waals surface area contributed by atoms with Crippen molar-refractivity contribution in [3.63, 3.8) is 0 Å². The predicted octanol–water partition coefficient (Wildman–Crippen LogP) is 2.76. The minimum atomic E-state index is 0.823. The smallest absolute Gasteiger partial charge is 0.0375 e. The molecule has 82 valence electrons. The summed E-state index contributed by atoms with van der Waals surface area (Å²) in [5, 5.41) is 0. The number of benzene rings is 1. The van der Waals surface area contributed by atoms with Crippen LogP contribution in [-0.2, 0) is 12.8 Å². The van der Waals surface area contributed by atoms with Gasteiger partial charge in [-0.2, -0.15) is 0 Å². The number of aryl methyl sites for hydroxylation is 3. The van der Waals surface area contributed by atoms with Gasteiger partial charge in [0.05, 0.1) is 0 Å². The van der Waals surface area contributed by atoms with Gasteiger partial charge < -0.3 is 5.73 Å². The maximum Gasteiger partial charge on any atom is 0.0375 e. The number of nitrogens with two attached hydrogens (primary N) is 1. The van der Waals surface area contributed by atoms with Gasteiger partial charge in [-0.3, -0.25) is 4.98 Å². The molecule has 0 radical (unpaired) electrons. The second-order valence-electron chi connectivity index (χ2n) is 4.05. The molecule has 2 nitrogen and oxygen atoms in total. The van der Waals surface area contributed by atoms with Gasteiger partial charge in [-0.1, -0.05) is 12.1 Å². The van der Waals surface area contributed by atoms with Crippen LogP contribution in [0, 0.1) is 6.92 Å². The standard InChI is InChI=1S/C14H16N2/c1-11-10-13(8-9-16-11)3-2-12-4-6-14(15)7-5-12/h4-10H,2-3,15H2,1H3. The van der Waals surface area contributed by atoms with Crippen molar-refractivity contribution in [2.45, 2.75) is 19.8 Å². The Morgan fingerprint density at radius 3 is 2.38 bits per heavy atom. The molecule has 0 aliphatic carbocycles. The Hall–Kier alpha value is -1.83. The highest BCUT2D eigenvalue weighted by Crippen LogP contribution is 2.10. The van der Waals surface area contributed by atoms with Crippen LogP contribution in [0.1, 0.15) is 16.8 Å². The fourth-order valence-corrected chi connectivity index (χ4v) is 1.73. The Balaban J connectivity index is 1.99. The Morgan fingerprint density at radius 1 is 1.00 bits per heavy atom. The zero-order chi connectivity index (χ0) is 11.4. The molecule has 1 aromatic heterocycles. The normalized spacial score (nSPS) is 10.3. The van der Waals surface area contributed by atoms with E-state index in [2.05, 4.69) is 29.2 Å². The lowest BCUT2D eigenvalue weighted by atomic mass is 10.0. The molecule has 2 N–H and O–H groups in total. The number of pyridine rings is 1. The monoisotopic (exact) mass is 212 g/mol. The first kappa shape index (κ1) is 10.7. The summed E-state index contributed by atoms with van der Waals surface area (Å²) >= 11 is 0. The van der Waals surface area contributed by atoms with Crippen molar-refractivity contribution >= 4 is 5.69 Å². The second kappa shape index (κ2) is 4.79. The zero-order valence-electron chi connectivity index (χ0n) is 9.48. The molecule has 0 spiro atoms. The van der Waals surface area contributed by atoms with Gasteiger partial charge in [0.25, 0.3) is 0 Å². The third-order valence-electron chi connectivity index (χ3n) is 2.64. The number of rotatable bonds is 3. The molecule has 1 aromatic carbocycles. The lowest BCUT2D eigenvalue weighted by Gasteiger charge is -2.03. The van der Waals surface area contributed by atoms with Crippen molar-refractivity contribution in [2.75, 3.05) is 5.73 Å². The lowest BCUT2D eigenvalue weighted by Crippen LogP contribution is -1.93. The van der Waals surface area contributed by atoms with Gasteiger partial charge in [-0.25, -0.2) is 0 Å². The molecular formula is C14H16N2. The summed E-state index contributed by atoms with van der Waals surface area (Å²) in [6.07, 6.45) is 3.96. The van der Waals surface area contributed by atoms with Crippen molar-refractivity contribution in [3.05, 3.63) is 59.4 Å². The highest BCUT2D eigenvalue weighted by atomic mass is 14.6. The fraction of sp³-hybridized carbons (Fsp3) is 0.214. The molecule has 0 amide bonds. The molecule has 0 fully saturated rings. The Morgan fingerprint density at radius 2 is 1.69 bits per heavy atom. The molecule has 1 heterocycles. The highest BCUT2D eigenvalue weighted by Gasteiger charge is 1.96. The summed E-state index contributed by atoms with van der Waals surface area (Å²) in [5.41, 5.74) is 10.2. The van der Waals surface area contributed by atoms with Gasteiger partial charge >= 0.3 is 0 Å². The molecule has 0 saturated carbocycles. The second-order valence-corrected chi connectivity index (χ2v) is 4.05. The fourth-order valence-electron chi connectivity index (χ4n) is 1.73. The summed E-state index contributed by atoms with van der Waals surface area (Å²) in [4.78, 5) is 4.19. The van der Waals surface area contributed by atoms with E-state index < -0.39 is 0 Å². The van der Waals surface area contributed by atoms with E-state index in [4.69, 9.17) is 5.73 Å². The molecule has 0 atom stereocenters. The summed E-state index contributed by atoms with van der Waals surface area (Å²) in [6, 6.07) is 12.3. The number of aromatic nitrogens is 1. The highest BCUT2D eigenvalue weighted by molar-refractivity contribution is 5.39. The van der Waals surface area contributed by atoms with E-state index in [0.29, 0.717) is 0 Å². The van der Waals surface area contributed by atoms with Gasteiger partial charge in [-0.05, 0) is 55.2 Å². The minimum absolute atomic E-state index is 0.823. The largest absolute Gasteiger partial charge is 0.399 e. The number of hydrogen-bond donors (Lipinski definition) is 1. The molecule has 2 aromatic rings. The zero-order valence-corrected chi connectivity index (χ0v) is 9.48. The van der Waals surface area contributed by atoms with Crippen LogP contribution in [0.3, 0.4) is 0 Å². The molecule has 0 unspecified atom stereocenters. The van der Waals surface area contributed by atoms with E-state index in [1.54, 1.807) is 0 Å². The molecular weight excluding hydrogens is 196 g/mol. The first-order valence-electron chi connectivity index (χ1n) is 5.50. The van der Waals surface area contributed by atoms with Crippen LogP contribution < -0.4 is 5.73 Å². The van der Waals surface area contributed by atoms with Crippen molar-refractivity contribution in [2.24, 2.45) is 0 Å². The third-order valence-corrected chi connectivity index (χ3v) is 2.64. The minimum Gasteiger partial charge on any atom is -0.399 e. The van der Waals surface area contributed by atoms with Crippen molar-refractivity contribution in [1.82, 2.24) is 4.98 Å². The lowest BCUT2D eigenvalue weighted by molar-refractivity contribution is 0.950. The molecule has 0 aliphatic rings. The Labute approximate surface area is 96.1 Å². The van der Waals surface area contributed by atoms with E-state index in [1.807, 2.05) is 25.3 Å². The maximum absolute atomic E-state index is 5.65. The van der Waals surface area contributed by atoms with Gasteiger partial charge in [0.15, 0.2) is 0 Å². The number of anilines is 1. The number of nitrogen functional groups attached to an aromatic ring is 1. The van der Waals surface area contributed by atoms with Crippen LogP contribution in [0.5, 0.6) is 0 Å². The Kier molecular flexibility index (Phi) is 3.20. The average molecular weight is 212 g/mol. The van der Waals surface area contributed by atoms with Crippen LogP contribution in [0.2, 0.25) is 0 Å². The topological polar surface area (TPSA) is 38.9 Å². The van der Waals surface area contributed by atoms with Gasteiger partial charge in [0.1, 0.15) is 0 Å². The predicted molar refractivity (Wildman–Crippen MR) is 67.2 cm³/mol. The van der Waals surface area contributed by atoms with Gasteiger partial charge in [0.2, 0.25) is 0 Å². The van der Waals surface area contributed by atoms with Crippen molar-refractivity contribution in [3.8, 4) is 0 Å². The van der Waals surface area contributed by atoms with Crippen molar-refractivity contribution in [1.29, 1.82) is 0 Å². The summed E-state index contributed by atoms with van der Waals surface area (Å²) < 4.78 is 0. The van der Waals surface area contributed by atoms with E-state index >= 15 is 0 Å². The van der Waals surface area contributed by atoms with Crippen molar-refractivity contribution < 1.29 is 0 Å². The van der Waals surface area contributed by atoms with Gasteiger partial charge in [0, 0.05) is 17.6 Å². The van der Waals surface area contributed by atoms with Crippen LogP contribution in [-0.4, -0.2) is 4.98 Å². The van der Waals surface area contributed by atoms with Crippen LogP contribution in [0.25, 0.3) is 0 Å². The molecule has 2 heteroatoms.